The third kappa shape index (κ3) is 3.24. The fraction of sp³-hybridized carbons (Fsp3) is 0.273. The van der Waals surface area contributed by atoms with E-state index in [1.807, 2.05) is 44.0 Å². The third-order valence-electron chi connectivity index (χ3n) is 1.68. The average molecular weight is 163 g/mol. The van der Waals surface area contributed by atoms with Crippen molar-refractivity contribution in [2.24, 2.45) is 0 Å². The normalized spacial score (nSPS) is 11.8. The molecule has 0 spiro atoms. The summed E-state index contributed by atoms with van der Waals surface area (Å²) in [6.45, 7) is 11.6. The first-order chi connectivity index (χ1) is 5.63. The zero-order valence-corrected chi connectivity index (χ0v) is 8.17. The molecule has 0 N–H and O–H groups in total. The van der Waals surface area contributed by atoms with E-state index in [1.165, 1.54) is 0 Å². The zero-order chi connectivity index (χ0) is 9.56. The second-order valence-electron chi connectivity index (χ2n) is 2.59. The topological polar surface area (TPSA) is 3.24 Å². The second-order valence-corrected chi connectivity index (χ2v) is 2.59. The van der Waals surface area contributed by atoms with Crippen molar-refractivity contribution in [1.82, 2.24) is 4.90 Å². The van der Waals surface area contributed by atoms with E-state index in [2.05, 4.69) is 13.2 Å². The molecule has 0 rings (SSSR count). The standard InChI is InChI=1S/C11H17N/c1-6-8-10(3)12(5)11(4)9-7-2/h6-9H,1,4H2,2-3,5H3/b9-7-,10-8+. The summed E-state index contributed by atoms with van der Waals surface area (Å²) in [7, 11) is 1.98. The average Bonchev–Trinajstić information content (AvgIpc) is 2.04. The lowest BCUT2D eigenvalue weighted by Crippen LogP contribution is -2.12. The number of hydrogen-bond donors (Lipinski definition) is 0. The molecule has 0 saturated carbocycles. The van der Waals surface area contributed by atoms with Crippen LogP contribution in [-0.4, -0.2) is 11.9 Å². The van der Waals surface area contributed by atoms with Crippen LogP contribution in [0.3, 0.4) is 0 Å². The lowest BCUT2D eigenvalue weighted by atomic mass is 10.3. The minimum atomic E-state index is 0.980. The maximum Gasteiger partial charge on any atom is 0.0329 e. The van der Waals surface area contributed by atoms with Crippen molar-refractivity contribution >= 4 is 0 Å². The molecule has 0 aliphatic rings. The molecule has 0 bridgehead atoms. The predicted molar refractivity (Wildman–Crippen MR) is 55.7 cm³/mol. The van der Waals surface area contributed by atoms with E-state index in [-0.39, 0.29) is 0 Å². The van der Waals surface area contributed by atoms with Crippen LogP contribution in [0.25, 0.3) is 0 Å². The number of likely N-dealkylation sites (N-methyl/N-ethyl adjacent to an activating group) is 1. The molecule has 0 radical (unpaired) electrons. The fourth-order valence-electron chi connectivity index (χ4n) is 0.813. The van der Waals surface area contributed by atoms with Crippen molar-refractivity contribution in [1.29, 1.82) is 0 Å². The summed E-state index contributed by atoms with van der Waals surface area (Å²) in [5.41, 5.74) is 2.11. The summed E-state index contributed by atoms with van der Waals surface area (Å²) < 4.78 is 0. The molecular formula is C11H17N. The number of hydrogen-bond acceptors (Lipinski definition) is 1. The highest BCUT2D eigenvalue weighted by Gasteiger charge is 1.98. The first-order valence-electron chi connectivity index (χ1n) is 3.98. The Morgan fingerprint density at radius 1 is 1.42 bits per heavy atom. The Balaban J connectivity index is 4.38. The van der Waals surface area contributed by atoms with Crippen LogP contribution in [0.15, 0.2) is 48.9 Å². The van der Waals surface area contributed by atoms with Crippen LogP contribution >= 0.6 is 0 Å². The van der Waals surface area contributed by atoms with E-state index in [1.54, 1.807) is 6.08 Å². The monoisotopic (exact) mass is 163 g/mol. The molecule has 0 aromatic heterocycles. The quantitative estimate of drug-likeness (QED) is 0.576. The summed E-state index contributed by atoms with van der Waals surface area (Å²) in [6, 6.07) is 0. The summed E-state index contributed by atoms with van der Waals surface area (Å²) in [5.74, 6) is 0. The molecule has 0 aromatic rings. The van der Waals surface area contributed by atoms with Crippen LogP contribution < -0.4 is 0 Å². The van der Waals surface area contributed by atoms with E-state index < -0.39 is 0 Å². The van der Waals surface area contributed by atoms with Gasteiger partial charge in [-0.25, -0.2) is 0 Å². The van der Waals surface area contributed by atoms with Gasteiger partial charge in [-0.15, -0.1) is 0 Å². The van der Waals surface area contributed by atoms with Crippen molar-refractivity contribution < 1.29 is 0 Å². The van der Waals surface area contributed by atoms with Gasteiger partial charge in [0.2, 0.25) is 0 Å². The first kappa shape index (κ1) is 10.8. The molecule has 0 fully saturated rings. The minimum absolute atomic E-state index is 0.980. The summed E-state index contributed by atoms with van der Waals surface area (Å²) in [4.78, 5) is 2.02. The van der Waals surface area contributed by atoms with Gasteiger partial charge in [0, 0.05) is 18.4 Å². The number of nitrogens with zero attached hydrogens (tertiary/aromatic N) is 1. The third-order valence-corrected chi connectivity index (χ3v) is 1.68. The maximum atomic E-state index is 3.91. The predicted octanol–water partition coefficient (Wildman–Crippen LogP) is 3.10. The van der Waals surface area contributed by atoms with Crippen LogP contribution in [0.2, 0.25) is 0 Å². The molecule has 0 heterocycles. The summed E-state index contributed by atoms with van der Waals surface area (Å²) in [6.07, 6.45) is 7.67. The number of allylic oxidation sites excluding steroid dienone is 5. The maximum absolute atomic E-state index is 3.91. The van der Waals surface area contributed by atoms with Gasteiger partial charge < -0.3 is 4.90 Å². The van der Waals surface area contributed by atoms with E-state index in [0.717, 1.165) is 11.4 Å². The molecule has 1 nitrogen and oxygen atoms in total. The van der Waals surface area contributed by atoms with E-state index in [0.29, 0.717) is 0 Å². The van der Waals surface area contributed by atoms with Gasteiger partial charge in [-0.05, 0) is 26.0 Å². The van der Waals surface area contributed by atoms with Gasteiger partial charge in [0.1, 0.15) is 0 Å². The molecule has 0 saturated heterocycles. The smallest absolute Gasteiger partial charge is 0.0329 e. The molecular weight excluding hydrogens is 146 g/mol. The van der Waals surface area contributed by atoms with Gasteiger partial charge in [0.25, 0.3) is 0 Å². The second kappa shape index (κ2) is 5.42. The Morgan fingerprint density at radius 3 is 2.42 bits per heavy atom. The van der Waals surface area contributed by atoms with Gasteiger partial charge in [0.15, 0.2) is 0 Å². The molecule has 66 valence electrons. The molecule has 0 aliphatic carbocycles. The Kier molecular flexibility index (Phi) is 4.86. The van der Waals surface area contributed by atoms with Crippen molar-refractivity contribution in [2.75, 3.05) is 7.05 Å². The SMILES string of the molecule is C=C/C=C(\C)N(C)C(=C)/C=C\C. The van der Waals surface area contributed by atoms with Gasteiger partial charge >= 0.3 is 0 Å². The van der Waals surface area contributed by atoms with Gasteiger partial charge in [0.05, 0.1) is 0 Å². The van der Waals surface area contributed by atoms with Gasteiger partial charge in [-0.2, -0.15) is 0 Å². The summed E-state index contributed by atoms with van der Waals surface area (Å²) in [5, 5.41) is 0. The molecule has 1 heteroatoms. The van der Waals surface area contributed by atoms with Crippen molar-refractivity contribution in [2.45, 2.75) is 13.8 Å². The highest BCUT2D eigenvalue weighted by Crippen LogP contribution is 2.08. The molecule has 12 heavy (non-hydrogen) atoms. The highest BCUT2D eigenvalue weighted by molar-refractivity contribution is 5.20. The Labute approximate surface area is 75.4 Å². The summed E-state index contributed by atoms with van der Waals surface area (Å²) >= 11 is 0. The molecule has 0 unspecified atom stereocenters. The van der Waals surface area contributed by atoms with Gasteiger partial charge in [-0.1, -0.05) is 25.3 Å². The lowest BCUT2D eigenvalue weighted by Gasteiger charge is -2.19. The highest BCUT2D eigenvalue weighted by atomic mass is 15.1. The minimum Gasteiger partial charge on any atom is -0.349 e. The van der Waals surface area contributed by atoms with Crippen molar-refractivity contribution in [3.8, 4) is 0 Å². The molecule has 0 aliphatic heterocycles. The molecule has 0 aromatic carbocycles. The molecule has 0 amide bonds. The first-order valence-corrected chi connectivity index (χ1v) is 3.98. The van der Waals surface area contributed by atoms with Crippen molar-refractivity contribution in [3.63, 3.8) is 0 Å². The van der Waals surface area contributed by atoms with Crippen LogP contribution in [0, 0.1) is 0 Å². The van der Waals surface area contributed by atoms with Crippen LogP contribution in [0.4, 0.5) is 0 Å². The lowest BCUT2D eigenvalue weighted by molar-refractivity contribution is 0.540. The fourth-order valence-corrected chi connectivity index (χ4v) is 0.813. The number of rotatable bonds is 4. The Hall–Kier alpha value is -1.24. The van der Waals surface area contributed by atoms with E-state index >= 15 is 0 Å². The molecule has 0 atom stereocenters. The van der Waals surface area contributed by atoms with Crippen molar-refractivity contribution in [3.05, 3.63) is 48.9 Å². The van der Waals surface area contributed by atoms with Crippen LogP contribution in [-0.2, 0) is 0 Å². The zero-order valence-electron chi connectivity index (χ0n) is 8.17. The van der Waals surface area contributed by atoms with Crippen LogP contribution in [0.1, 0.15) is 13.8 Å². The van der Waals surface area contributed by atoms with E-state index in [4.69, 9.17) is 0 Å². The van der Waals surface area contributed by atoms with E-state index in [9.17, 15) is 0 Å². The Bertz CT molecular complexity index is 221. The van der Waals surface area contributed by atoms with Crippen LogP contribution in [0.5, 0.6) is 0 Å². The van der Waals surface area contributed by atoms with Gasteiger partial charge in [-0.3, -0.25) is 0 Å². The Morgan fingerprint density at radius 2 is 2.00 bits per heavy atom. The largest absolute Gasteiger partial charge is 0.349 e.